The van der Waals surface area contributed by atoms with E-state index < -0.39 is 11.3 Å². The third-order valence-electron chi connectivity index (χ3n) is 1.28. The molecule has 1 atom stereocenters. The first kappa shape index (κ1) is 10.0. The summed E-state index contributed by atoms with van der Waals surface area (Å²) in [5.41, 5.74) is 0. The van der Waals surface area contributed by atoms with Gasteiger partial charge in [-0.15, -0.1) is 22.9 Å². The van der Waals surface area contributed by atoms with Gasteiger partial charge in [0.1, 0.15) is 0 Å². The van der Waals surface area contributed by atoms with Gasteiger partial charge in [-0.1, -0.05) is 0 Å². The van der Waals surface area contributed by atoms with E-state index in [0.29, 0.717) is 0 Å². The number of thiophene rings is 1. The number of alkyl halides is 1. The highest BCUT2D eigenvalue weighted by molar-refractivity contribution is 9.10. The average molecular weight is 270 g/mol. The van der Waals surface area contributed by atoms with E-state index in [1.54, 1.807) is 0 Å². The standard InChI is InChI=1S/C7H6BrClO2S/c1-11-7(10)5(9)6-4(8)2-3-12-6/h2-3,5H,1H3. The molecule has 0 aliphatic rings. The SMILES string of the molecule is COC(=O)C(Cl)c1sccc1Br. The van der Waals surface area contributed by atoms with Crippen molar-refractivity contribution >= 4 is 44.8 Å². The zero-order valence-corrected chi connectivity index (χ0v) is 9.37. The molecule has 0 aliphatic carbocycles. The van der Waals surface area contributed by atoms with Crippen LogP contribution in [0.2, 0.25) is 0 Å². The topological polar surface area (TPSA) is 26.3 Å². The summed E-state index contributed by atoms with van der Waals surface area (Å²) in [6.45, 7) is 0. The zero-order chi connectivity index (χ0) is 9.14. The molecule has 1 unspecified atom stereocenters. The molecule has 1 rings (SSSR count). The van der Waals surface area contributed by atoms with Crippen LogP contribution in [-0.4, -0.2) is 13.1 Å². The van der Waals surface area contributed by atoms with Crippen molar-refractivity contribution in [2.45, 2.75) is 5.38 Å². The van der Waals surface area contributed by atoms with Gasteiger partial charge in [0.05, 0.1) is 7.11 Å². The average Bonchev–Trinajstić information content (AvgIpc) is 2.48. The summed E-state index contributed by atoms with van der Waals surface area (Å²) in [5, 5.41) is 1.15. The number of methoxy groups -OCH3 is 1. The maximum Gasteiger partial charge on any atom is 0.329 e. The second kappa shape index (κ2) is 4.25. The summed E-state index contributed by atoms with van der Waals surface area (Å²) >= 11 is 10.5. The monoisotopic (exact) mass is 268 g/mol. The summed E-state index contributed by atoms with van der Waals surface area (Å²) in [7, 11) is 1.32. The molecule has 0 radical (unpaired) electrons. The second-order valence-electron chi connectivity index (χ2n) is 2.02. The van der Waals surface area contributed by atoms with Crippen LogP contribution in [0.15, 0.2) is 15.9 Å². The predicted octanol–water partition coefficient (Wildman–Crippen LogP) is 2.96. The van der Waals surface area contributed by atoms with Crippen LogP contribution in [0, 0.1) is 0 Å². The van der Waals surface area contributed by atoms with Crippen molar-refractivity contribution in [3.05, 3.63) is 20.8 Å². The van der Waals surface area contributed by atoms with Crippen molar-refractivity contribution < 1.29 is 9.53 Å². The zero-order valence-electron chi connectivity index (χ0n) is 6.21. The van der Waals surface area contributed by atoms with E-state index in [2.05, 4.69) is 20.7 Å². The maximum atomic E-state index is 11.0. The van der Waals surface area contributed by atoms with E-state index in [1.165, 1.54) is 18.4 Å². The van der Waals surface area contributed by atoms with Crippen molar-refractivity contribution in [3.8, 4) is 0 Å². The molecule has 12 heavy (non-hydrogen) atoms. The Balaban J connectivity index is 2.84. The summed E-state index contributed by atoms with van der Waals surface area (Å²) in [4.78, 5) is 11.8. The molecule has 1 aromatic rings. The van der Waals surface area contributed by atoms with Gasteiger partial charge in [0.25, 0.3) is 0 Å². The molecular weight excluding hydrogens is 263 g/mol. The molecule has 0 N–H and O–H groups in total. The van der Waals surface area contributed by atoms with Gasteiger partial charge >= 0.3 is 5.97 Å². The molecule has 66 valence electrons. The molecule has 1 aromatic heterocycles. The van der Waals surface area contributed by atoms with Gasteiger partial charge in [-0.3, -0.25) is 4.79 Å². The summed E-state index contributed by atoms with van der Waals surface area (Å²) < 4.78 is 5.35. The molecule has 0 amide bonds. The summed E-state index contributed by atoms with van der Waals surface area (Å²) in [6, 6.07) is 1.85. The third kappa shape index (κ3) is 2.00. The molecule has 0 aliphatic heterocycles. The van der Waals surface area contributed by atoms with E-state index in [4.69, 9.17) is 11.6 Å². The Kier molecular flexibility index (Phi) is 3.55. The maximum absolute atomic E-state index is 11.0. The van der Waals surface area contributed by atoms with Crippen LogP contribution in [0.25, 0.3) is 0 Å². The second-order valence-corrected chi connectivity index (χ2v) is 4.26. The molecule has 0 aromatic carbocycles. The largest absolute Gasteiger partial charge is 0.468 e. The van der Waals surface area contributed by atoms with Gasteiger partial charge in [0, 0.05) is 9.35 Å². The predicted molar refractivity (Wildman–Crippen MR) is 52.6 cm³/mol. The Labute approximate surface area is 87.6 Å². The normalized spacial score (nSPS) is 12.6. The quantitative estimate of drug-likeness (QED) is 0.609. The van der Waals surface area contributed by atoms with Crippen molar-refractivity contribution in [2.24, 2.45) is 0 Å². The summed E-state index contributed by atoms with van der Waals surface area (Å²) in [5.74, 6) is -0.431. The number of hydrogen-bond acceptors (Lipinski definition) is 3. The highest BCUT2D eigenvalue weighted by Gasteiger charge is 2.21. The van der Waals surface area contributed by atoms with E-state index in [9.17, 15) is 4.79 Å². The smallest absolute Gasteiger partial charge is 0.329 e. The van der Waals surface area contributed by atoms with Crippen LogP contribution < -0.4 is 0 Å². The van der Waals surface area contributed by atoms with Crippen LogP contribution in [0.4, 0.5) is 0 Å². The number of esters is 1. The molecule has 0 saturated heterocycles. The first-order valence-electron chi connectivity index (χ1n) is 3.11. The van der Waals surface area contributed by atoms with Crippen LogP contribution in [0.1, 0.15) is 10.3 Å². The minimum atomic E-state index is -0.704. The fraction of sp³-hybridized carbons (Fsp3) is 0.286. The molecule has 0 saturated carbocycles. The number of carbonyl (C=O) groups is 1. The molecule has 5 heteroatoms. The molecule has 0 fully saturated rings. The molecule has 2 nitrogen and oxygen atoms in total. The molecule has 0 spiro atoms. The minimum Gasteiger partial charge on any atom is -0.468 e. The minimum absolute atomic E-state index is 0.431. The number of hydrogen-bond donors (Lipinski definition) is 0. The Bertz CT molecular complexity index is 287. The van der Waals surface area contributed by atoms with Gasteiger partial charge in [0.2, 0.25) is 0 Å². The lowest BCUT2D eigenvalue weighted by Crippen LogP contribution is -2.07. The number of carbonyl (C=O) groups excluding carboxylic acids is 1. The summed E-state index contributed by atoms with van der Waals surface area (Å²) in [6.07, 6.45) is 0. The van der Waals surface area contributed by atoms with Gasteiger partial charge in [-0.2, -0.15) is 0 Å². The van der Waals surface area contributed by atoms with Crippen LogP contribution in [-0.2, 0) is 9.53 Å². The van der Waals surface area contributed by atoms with Crippen LogP contribution in [0.3, 0.4) is 0 Å². The van der Waals surface area contributed by atoms with Crippen LogP contribution in [0.5, 0.6) is 0 Å². The van der Waals surface area contributed by atoms with Crippen molar-refractivity contribution in [1.82, 2.24) is 0 Å². The lowest BCUT2D eigenvalue weighted by molar-refractivity contribution is -0.140. The first-order chi connectivity index (χ1) is 5.66. The van der Waals surface area contributed by atoms with E-state index in [1.807, 2.05) is 11.4 Å². The number of halogens is 2. The van der Waals surface area contributed by atoms with E-state index >= 15 is 0 Å². The third-order valence-corrected chi connectivity index (χ3v) is 3.74. The lowest BCUT2D eigenvalue weighted by Gasteiger charge is -2.04. The van der Waals surface area contributed by atoms with Gasteiger partial charge in [-0.05, 0) is 27.4 Å². The highest BCUT2D eigenvalue weighted by atomic mass is 79.9. The van der Waals surface area contributed by atoms with E-state index in [0.717, 1.165) is 9.35 Å². The van der Waals surface area contributed by atoms with Crippen LogP contribution >= 0.6 is 38.9 Å². The van der Waals surface area contributed by atoms with Crippen molar-refractivity contribution in [2.75, 3.05) is 7.11 Å². The Hall–Kier alpha value is -0.0600. The fourth-order valence-corrected chi connectivity index (χ4v) is 2.75. The first-order valence-corrected chi connectivity index (χ1v) is 5.22. The molecular formula is C7H6BrClO2S. The van der Waals surface area contributed by atoms with Gasteiger partial charge in [0.15, 0.2) is 5.38 Å². The molecule has 0 bridgehead atoms. The lowest BCUT2D eigenvalue weighted by atomic mass is 10.3. The fourth-order valence-electron chi connectivity index (χ4n) is 0.697. The number of rotatable bonds is 2. The Morgan fingerprint density at radius 1 is 1.83 bits per heavy atom. The Morgan fingerprint density at radius 3 is 2.92 bits per heavy atom. The van der Waals surface area contributed by atoms with E-state index in [-0.39, 0.29) is 0 Å². The highest BCUT2D eigenvalue weighted by Crippen LogP contribution is 2.33. The van der Waals surface area contributed by atoms with Gasteiger partial charge in [-0.25, -0.2) is 0 Å². The molecule has 1 heterocycles. The Morgan fingerprint density at radius 2 is 2.50 bits per heavy atom. The van der Waals surface area contributed by atoms with Gasteiger partial charge < -0.3 is 4.74 Å². The van der Waals surface area contributed by atoms with Crippen molar-refractivity contribution in [3.63, 3.8) is 0 Å². The number of ether oxygens (including phenoxy) is 1. The van der Waals surface area contributed by atoms with Crippen molar-refractivity contribution in [1.29, 1.82) is 0 Å².